The van der Waals surface area contributed by atoms with Crippen LogP contribution in [0.15, 0.2) is 60.0 Å². The molecule has 7 heteroatoms. The van der Waals surface area contributed by atoms with Gasteiger partial charge in [-0.05, 0) is 54.7 Å². The summed E-state index contributed by atoms with van der Waals surface area (Å²) < 4.78 is 0. The van der Waals surface area contributed by atoms with Crippen LogP contribution in [0.2, 0.25) is 0 Å². The van der Waals surface area contributed by atoms with Gasteiger partial charge in [0.25, 0.3) is 0 Å². The number of aromatic nitrogens is 2. The highest BCUT2D eigenvalue weighted by Gasteiger charge is 2.25. The van der Waals surface area contributed by atoms with E-state index in [0.29, 0.717) is 28.0 Å². The largest absolute Gasteiger partial charge is 0.478 e. The molecule has 0 fully saturated rings. The summed E-state index contributed by atoms with van der Waals surface area (Å²) >= 11 is 1.40. The minimum absolute atomic E-state index is 0.114. The number of rotatable bonds is 4. The molecule has 6 nitrogen and oxygen atoms in total. The Morgan fingerprint density at radius 2 is 1.79 bits per heavy atom. The summed E-state index contributed by atoms with van der Waals surface area (Å²) in [7, 11) is 0. The molecule has 0 aliphatic heterocycles. The summed E-state index contributed by atoms with van der Waals surface area (Å²) in [5, 5.41) is 13.1. The molecule has 1 aliphatic carbocycles. The summed E-state index contributed by atoms with van der Waals surface area (Å²) in [4.78, 5) is 35.6. The second-order valence-electron chi connectivity index (χ2n) is 7.90. The van der Waals surface area contributed by atoms with Crippen molar-refractivity contribution in [2.45, 2.75) is 26.2 Å². The fraction of sp³-hybridized carbons (Fsp3) is 0.154. The molecule has 2 aromatic heterocycles. The normalized spacial score (nSPS) is 14.3. The van der Waals surface area contributed by atoms with Gasteiger partial charge in [0.2, 0.25) is 5.91 Å². The van der Waals surface area contributed by atoms with E-state index in [1.165, 1.54) is 18.3 Å². The Morgan fingerprint density at radius 1 is 1.03 bits per heavy atom. The summed E-state index contributed by atoms with van der Waals surface area (Å²) in [5.74, 6) is -1.04. The number of anilines is 2. The maximum atomic E-state index is 12.3. The van der Waals surface area contributed by atoms with Crippen molar-refractivity contribution in [3.8, 4) is 0 Å². The Kier molecular flexibility index (Phi) is 5.48. The van der Waals surface area contributed by atoms with E-state index < -0.39 is 5.97 Å². The van der Waals surface area contributed by atoms with Crippen LogP contribution in [-0.2, 0) is 11.2 Å². The molecule has 0 radical (unpaired) electrons. The highest BCUT2D eigenvalue weighted by Crippen LogP contribution is 2.37. The smallest absolute Gasteiger partial charge is 0.336 e. The highest BCUT2D eigenvalue weighted by molar-refractivity contribution is 7.14. The van der Waals surface area contributed by atoms with Gasteiger partial charge in [0.1, 0.15) is 0 Å². The average Bonchev–Trinajstić information content (AvgIpc) is 3.26. The minimum atomic E-state index is -0.929. The van der Waals surface area contributed by atoms with Crippen molar-refractivity contribution in [1.29, 1.82) is 0 Å². The van der Waals surface area contributed by atoms with Gasteiger partial charge in [-0.3, -0.25) is 9.69 Å². The van der Waals surface area contributed by atoms with Gasteiger partial charge in [-0.15, -0.1) is 11.3 Å². The van der Waals surface area contributed by atoms with Crippen LogP contribution in [0, 0.1) is 0 Å². The number of benzene rings is 2. The lowest BCUT2D eigenvalue weighted by atomic mass is 9.86. The first-order valence-corrected chi connectivity index (χ1v) is 11.6. The molecule has 1 amide bonds. The van der Waals surface area contributed by atoms with E-state index in [2.05, 4.69) is 0 Å². The minimum Gasteiger partial charge on any atom is -0.478 e. The van der Waals surface area contributed by atoms with Gasteiger partial charge < -0.3 is 5.11 Å². The van der Waals surface area contributed by atoms with Crippen molar-refractivity contribution in [1.82, 2.24) is 9.97 Å². The lowest BCUT2D eigenvalue weighted by Crippen LogP contribution is -2.22. The molecule has 0 saturated heterocycles. The number of amides is 1. The van der Waals surface area contributed by atoms with Gasteiger partial charge in [0, 0.05) is 17.7 Å². The van der Waals surface area contributed by atoms with E-state index in [0.717, 1.165) is 41.1 Å². The van der Waals surface area contributed by atoms with Crippen LogP contribution in [0.1, 0.15) is 47.1 Å². The second kappa shape index (κ2) is 8.60. The highest BCUT2D eigenvalue weighted by atomic mass is 32.1. The lowest BCUT2D eigenvalue weighted by molar-refractivity contribution is -0.115. The summed E-state index contributed by atoms with van der Waals surface area (Å²) in [6.07, 6.45) is 4.29. The number of carboxylic acid groups (broad SMARTS) is 1. The van der Waals surface area contributed by atoms with E-state index in [4.69, 9.17) is 9.97 Å². The van der Waals surface area contributed by atoms with E-state index in [-0.39, 0.29) is 5.91 Å². The van der Waals surface area contributed by atoms with Crippen LogP contribution >= 0.6 is 11.3 Å². The van der Waals surface area contributed by atoms with Crippen molar-refractivity contribution in [2.75, 3.05) is 4.90 Å². The van der Waals surface area contributed by atoms with Gasteiger partial charge in [-0.25, -0.2) is 14.8 Å². The zero-order valence-corrected chi connectivity index (χ0v) is 18.8. The molecule has 33 heavy (non-hydrogen) atoms. The first-order valence-electron chi connectivity index (χ1n) is 10.7. The van der Waals surface area contributed by atoms with Gasteiger partial charge in [-0.1, -0.05) is 36.4 Å². The van der Waals surface area contributed by atoms with Crippen molar-refractivity contribution in [2.24, 2.45) is 0 Å². The number of thiazole rings is 1. The number of aromatic carboxylic acids is 1. The molecule has 0 unspecified atom stereocenters. The third-order valence-electron chi connectivity index (χ3n) is 5.74. The topological polar surface area (TPSA) is 83.4 Å². The number of hydrogen-bond donors (Lipinski definition) is 1. The zero-order valence-electron chi connectivity index (χ0n) is 18.0. The van der Waals surface area contributed by atoms with Crippen molar-refractivity contribution in [3.63, 3.8) is 0 Å². The Labute approximate surface area is 194 Å². The lowest BCUT2D eigenvalue weighted by Gasteiger charge is -2.21. The summed E-state index contributed by atoms with van der Waals surface area (Å²) in [5.41, 5.74) is 4.99. The van der Waals surface area contributed by atoms with Gasteiger partial charge >= 0.3 is 5.97 Å². The third kappa shape index (κ3) is 3.91. The second-order valence-corrected chi connectivity index (χ2v) is 8.74. The van der Waals surface area contributed by atoms with E-state index in [1.807, 2.05) is 66.1 Å². The molecule has 0 bridgehead atoms. The molecule has 0 saturated carbocycles. The molecule has 0 spiro atoms. The number of pyridine rings is 1. The van der Waals surface area contributed by atoms with Crippen molar-refractivity contribution >= 4 is 56.6 Å². The number of carbonyl (C=O) groups excluding carboxylic acids is 1. The van der Waals surface area contributed by atoms with Crippen molar-refractivity contribution < 1.29 is 14.7 Å². The third-order valence-corrected chi connectivity index (χ3v) is 6.58. The summed E-state index contributed by atoms with van der Waals surface area (Å²) in [6, 6.07) is 16.8. The fourth-order valence-electron chi connectivity index (χ4n) is 4.35. The van der Waals surface area contributed by atoms with Crippen LogP contribution in [0.25, 0.3) is 22.6 Å². The van der Waals surface area contributed by atoms with Crippen LogP contribution < -0.4 is 4.90 Å². The molecular formula is C26H21N3O3S. The SMILES string of the molecule is CC(=O)N(c1ccccc1)c1nc(/C=C2/CCCc3c2nc2ccccc2c3C(=O)O)cs1. The fourth-order valence-corrected chi connectivity index (χ4v) is 5.19. The zero-order chi connectivity index (χ0) is 22.9. The van der Waals surface area contributed by atoms with Crippen LogP contribution in [0.5, 0.6) is 0 Å². The Morgan fingerprint density at radius 3 is 2.55 bits per heavy atom. The number of nitrogens with zero attached hydrogens (tertiary/aromatic N) is 3. The monoisotopic (exact) mass is 455 g/mol. The number of carboxylic acids is 1. The standard InChI is InChI=1S/C26H21N3O3S/c1-16(30)29(19-9-3-2-4-10-19)26-27-18(15-33-26)14-17-8-7-12-21-23(25(31)32)20-11-5-6-13-22(20)28-24(17)21/h2-6,9-11,13-15H,7-8,12H2,1H3,(H,31,32)/b17-14-. The number of carbonyl (C=O) groups is 2. The Hall–Kier alpha value is -3.84. The molecule has 4 aromatic rings. The molecule has 5 rings (SSSR count). The predicted octanol–water partition coefficient (Wildman–Crippen LogP) is 5.95. The van der Waals surface area contributed by atoms with E-state index >= 15 is 0 Å². The van der Waals surface area contributed by atoms with Gasteiger partial charge in [0.05, 0.1) is 28.2 Å². The first-order chi connectivity index (χ1) is 16.0. The summed E-state index contributed by atoms with van der Waals surface area (Å²) in [6.45, 7) is 1.52. The Bertz CT molecular complexity index is 1410. The molecular weight excluding hydrogens is 434 g/mol. The molecule has 0 atom stereocenters. The quantitative estimate of drug-likeness (QED) is 0.411. The molecule has 1 aliphatic rings. The first kappa shape index (κ1) is 21.0. The van der Waals surface area contributed by atoms with Crippen molar-refractivity contribution in [3.05, 3.63) is 82.5 Å². The maximum Gasteiger partial charge on any atom is 0.336 e. The average molecular weight is 456 g/mol. The Balaban J connectivity index is 1.58. The number of para-hydroxylation sites is 2. The number of hydrogen-bond acceptors (Lipinski definition) is 5. The molecule has 164 valence electrons. The predicted molar refractivity (Wildman–Crippen MR) is 131 cm³/mol. The maximum absolute atomic E-state index is 12.3. The van der Waals surface area contributed by atoms with E-state index in [9.17, 15) is 14.7 Å². The number of allylic oxidation sites excluding steroid dienone is 1. The molecule has 2 heterocycles. The van der Waals surface area contributed by atoms with Crippen LogP contribution in [-0.4, -0.2) is 27.0 Å². The van der Waals surface area contributed by atoms with E-state index in [1.54, 1.807) is 4.90 Å². The van der Waals surface area contributed by atoms with Crippen LogP contribution in [0.3, 0.4) is 0 Å². The van der Waals surface area contributed by atoms with Gasteiger partial charge in [-0.2, -0.15) is 0 Å². The molecule has 2 aromatic carbocycles. The molecule has 1 N–H and O–H groups in total. The number of fused-ring (bicyclic) bond motifs is 2. The van der Waals surface area contributed by atoms with Gasteiger partial charge in [0.15, 0.2) is 5.13 Å². The van der Waals surface area contributed by atoms with Crippen LogP contribution in [0.4, 0.5) is 10.8 Å².